The van der Waals surface area contributed by atoms with Crippen LogP contribution in [0.15, 0.2) is 18.2 Å². The first-order chi connectivity index (χ1) is 8.20. The quantitative estimate of drug-likeness (QED) is 0.633. The van der Waals surface area contributed by atoms with Crippen molar-refractivity contribution in [2.75, 3.05) is 11.9 Å². The van der Waals surface area contributed by atoms with Crippen molar-refractivity contribution in [2.24, 2.45) is 0 Å². The number of anilines is 1. The number of amides is 1. The van der Waals surface area contributed by atoms with Gasteiger partial charge in [-0.15, -0.1) is 12.3 Å². The van der Waals surface area contributed by atoms with Crippen LogP contribution in [0.3, 0.4) is 0 Å². The van der Waals surface area contributed by atoms with Crippen molar-refractivity contribution in [3.05, 3.63) is 23.8 Å². The van der Waals surface area contributed by atoms with Gasteiger partial charge in [0.05, 0.1) is 5.69 Å². The van der Waals surface area contributed by atoms with Gasteiger partial charge in [0.2, 0.25) is 0 Å². The molecule has 0 bridgehead atoms. The highest BCUT2D eigenvalue weighted by molar-refractivity contribution is 6.00. The normalized spacial score (nSPS) is 13.0. The summed E-state index contributed by atoms with van der Waals surface area (Å²) >= 11 is 0. The van der Waals surface area contributed by atoms with Crippen LogP contribution in [0.1, 0.15) is 23.2 Å². The van der Waals surface area contributed by atoms with E-state index in [-0.39, 0.29) is 18.3 Å². The fraction of sp³-hybridized carbons (Fsp3) is 0.231. The van der Waals surface area contributed by atoms with E-state index in [9.17, 15) is 9.59 Å². The molecule has 0 radical (unpaired) electrons. The minimum absolute atomic E-state index is 0.0113. The van der Waals surface area contributed by atoms with Gasteiger partial charge >= 0.3 is 0 Å². The zero-order valence-electron chi connectivity index (χ0n) is 9.16. The van der Waals surface area contributed by atoms with E-state index in [1.807, 2.05) is 0 Å². The third kappa shape index (κ3) is 2.45. The fourth-order valence-electron chi connectivity index (χ4n) is 1.59. The van der Waals surface area contributed by atoms with Crippen molar-refractivity contribution in [3.63, 3.8) is 0 Å². The Hall–Kier alpha value is -2.28. The highest BCUT2D eigenvalue weighted by atomic mass is 16.5. The molecule has 4 heteroatoms. The lowest BCUT2D eigenvalue weighted by atomic mass is 10.1. The molecule has 0 fully saturated rings. The van der Waals surface area contributed by atoms with E-state index in [0.29, 0.717) is 29.8 Å². The van der Waals surface area contributed by atoms with Crippen LogP contribution < -0.4 is 10.1 Å². The molecule has 1 aliphatic rings. The maximum Gasteiger partial charge on any atom is 0.262 e. The van der Waals surface area contributed by atoms with Crippen molar-refractivity contribution < 1.29 is 14.3 Å². The lowest BCUT2D eigenvalue weighted by Crippen LogP contribution is -2.25. The third-order valence-electron chi connectivity index (χ3n) is 2.43. The number of ether oxygens (including phenoxy) is 1. The number of rotatable bonds is 3. The lowest BCUT2D eigenvalue weighted by molar-refractivity contribution is -0.118. The Kier molecular flexibility index (Phi) is 3.10. The second-order valence-electron chi connectivity index (χ2n) is 3.68. The van der Waals surface area contributed by atoms with Gasteiger partial charge < -0.3 is 10.1 Å². The standard InChI is InChI=1S/C13H11NO3/c1-2-3-4-11(15)9-5-6-12-10(7-9)14-13(16)8-17-12/h1,5-7H,3-4,8H2,(H,14,16). The number of nitrogens with one attached hydrogen (secondary N) is 1. The molecular formula is C13H11NO3. The van der Waals surface area contributed by atoms with Gasteiger partial charge in [0, 0.05) is 18.4 Å². The van der Waals surface area contributed by atoms with Gasteiger partial charge in [0.15, 0.2) is 12.4 Å². The highest BCUT2D eigenvalue weighted by Gasteiger charge is 2.17. The Labute approximate surface area is 99.0 Å². The molecule has 0 saturated carbocycles. The van der Waals surface area contributed by atoms with Crippen LogP contribution >= 0.6 is 0 Å². The fourth-order valence-corrected chi connectivity index (χ4v) is 1.59. The SMILES string of the molecule is C#CCCC(=O)c1ccc2c(c1)NC(=O)CO2. The summed E-state index contributed by atoms with van der Waals surface area (Å²) in [7, 11) is 0. The van der Waals surface area contributed by atoms with Gasteiger partial charge in [-0.05, 0) is 18.2 Å². The second kappa shape index (κ2) is 4.71. The molecular weight excluding hydrogens is 218 g/mol. The lowest BCUT2D eigenvalue weighted by Gasteiger charge is -2.18. The van der Waals surface area contributed by atoms with Crippen LogP contribution in [0, 0.1) is 12.3 Å². The summed E-state index contributed by atoms with van der Waals surface area (Å²) < 4.78 is 5.20. The van der Waals surface area contributed by atoms with E-state index in [0.717, 1.165) is 0 Å². The zero-order valence-corrected chi connectivity index (χ0v) is 9.16. The average Bonchev–Trinajstić information content (AvgIpc) is 2.35. The number of benzene rings is 1. The number of carbonyl (C=O) groups is 2. The molecule has 1 amide bonds. The van der Waals surface area contributed by atoms with Gasteiger partial charge in [-0.2, -0.15) is 0 Å². The van der Waals surface area contributed by atoms with Gasteiger partial charge in [0.1, 0.15) is 5.75 Å². The maximum absolute atomic E-state index is 11.7. The molecule has 0 aromatic heterocycles. The second-order valence-corrected chi connectivity index (χ2v) is 3.68. The molecule has 17 heavy (non-hydrogen) atoms. The summed E-state index contributed by atoms with van der Waals surface area (Å²) in [4.78, 5) is 22.9. The number of hydrogen-bond acceptors (Lipinski definition) is 3. The minimum Gasteiger partial charge on any atom is -0.482 e. The van der Waals surface area contributed by atoms with Crippen molar-refractivity contribution in [3.8, 4) is 18.1 Å². The summed E-state index contributed by atoms with van der Waals surface area (Å²) in [6.07, 6.45) is 5.83. The molecule has 0 unspecified atom stereocenters. The first-order valence-electron chi connectivity index (χ1n) is 5.24. The highest BCUT2D eigenvalue weighted by Crippen LogP contribution is 2.28. The number of Topliss-reactive ketones (excluding diaryl/α,β-unsaturated/α-hetero) is 1. The third-order valence-corrected chi connectivity index (χ3v) is 2.43. The summed E-state index contributed by atoms with van der Waals surface area (Å²) in [5.41, 5.74) is 1.07. The van der Waals surface area contributed by atoms with Crippen LogP contribution in [0.4, 0.5) is 5.69 Å². The minimum atomic E-state index is -0.217. The van der Waals surface area contributed by atoms with Gasteiger partial charge in [-0.1, -0.05) is 0 Å². The topological polar surface area (TPSA) is 55.4 Å². The number of hydrogen-bond donors (Lipinski definition) is 1. The largest absolute Gasteiger partial charge is 0.482 e. The van der Waals surface area contributed by atoms with Crippen LogP contribution in [-0.2, 0) is 4.79 Å². The van der Waals surface area contributed by atoms with Crippen molar-refractivity contribution in [1.29, 1.82) is 0 Å². The van der Waals surface area contributed by atoms with Crippen molar-refractivity contribution in [2.45, 2.75) is 12.8 Å². The molecule has 0 atom stereocenters. The van der Waals surface area contributed by atoms with E-state index in [2.05, 4.69) is 11.2 Å². The first kappa shape index (κ1) is 11.2. The first-order valence-corrected chi connectivity index (χ1v) is 5.24. The molecule has 1 N–H and O–H groups in total. The van der Waals surface area contributed by atoms with Crippen molar-refractivity contribution >= 4 is 17.4 Å². The van der Waals surface area contributed by atoms with E-state index < -0.39 is 0 Å². The molecule has 0 saturated heterocycles. The molecule has 2 rings (SSSR count). The molecule has 0 spiro atoms. The van der Waals surface area contributed by atoms with Crippen LogP contribution in [-0.4, -0.2) is 18.3 Å². The number of carbonyl (C=O) groups excluding carboxylic acids is 2. The van der Waals surface area contributed by atoms with Crippen LogP contribution in [0.2, 0.25) is 0 Å². The summed E-state index contributed by atoms with van der Waals surface area (Å²) in [6, 6.07) is 4.97. The Morgan fingerprint density at radius 1 is 1.53 bits per heavy atom. The smallest absolute Gasteiger partial charge is 0.262 e. The van der Waals surface area contributed by atoms with E-state index in [4.69, 9.17) is 11.2 Å². The zero-order chi connectivity index (χ0) is 12.3. The molecule has 1 aromatic carbocycles. The van der Waals surface area contributed by atoms with E-state index in [1.54, 1.807) is 18.2 Å². The molecule has 1 aliphatic heterocycles. The monoisotopic (exact) mass is 229 g/mol. The summed E-state index contributed by atoms with van der Waals surface area (Å²) in [5, 5.41) is 2.65. The Morgan fingerprint density at radius 3 is 3.12 bits per heavy atom. The van der Waals surface area contributed by atoms with Crippen LogP contribution in [0.25, 0.3) is 0 Å². The van der Waals surface area contributed by atoms with Crippen LogP contribution in [0.5, 0.6) is 5.75 Å². The Balaban J connectivity index is 2.21. The number of terminal acetylenes is 1. The molecule has 4 nitrogen and oxygen atoms in total. The molecule has 1 heterocycles. The maximum atomic E-state index is 11.7. The van der Waals surface area contributed by atoms with E-state index in [1.165, 1.54) is 0 Å². The molecule has 0 aliphatic carbocycles. The van der Waals surface area contributed by atoms with Gasteiger partial charge in [0.25, 0.3) is 5.91 Å². The van der Waals surface area contributed by atoms with Crippen molar-refractivity contribution in [1.82, 2.24) is 0 Å². The van der Waals surface area contributed by atoms with Gasteiger partial charge in [-0.25, -0.2) is 0 Å². The number of fused-ring (bicyclic) bond motifs is 1. The average molecular weight is 229 g/mol. The Morgan fingerprint density at radius 2 is 2.35 bits per heavy atom. The number of ketones is 1. The Bertz CT molecular complexity index is 514. The van der Waals surface area contributed by atoms with Gasteiger partial charge in [-0.3, -0.25) is 9.59 Å². The molecule has 1 aromatic rings. The van der Waals surface area contributed by atoms with E-state index >= 15 is 0 Å². The predicted molar refractivity (Wildman–Crippen MR) is 63.0 cm³/mol. The molecule has 86 valence electrons. The summed E-state index contributed by atoms with van der Waals surface area (Å²) in [6.45, 7) is 0.0113. The predicted octanol–water partition coefficient (Wildman–Crippen LogP) is 1.61. The summed E-state index contributed by atoms with van der Waals surface area (Å²) in [5.74, 6) is 2.75.